The molecule has 0 aliphatic heterocycles. The lowest BCUT2D eigenvalue weighted by atomic mass is 10.3. The third kappa shape index (κ3) is 2.85. The number of carboxylic acids is 2. The van der Waals surface area contributed by atoms with Gasteiger partial charge in [-0.25, -0.2) is 30.0 Å². The standard InChI is InChI=1S/C7H9N5O4/c1-12(7-9-2-8-3-10-7)11-4(5(13)14)6(15)16/h2-4,11H,1H3,(H,13,14)(H,15,16). The molecule has 0 fully saturated rings. The molecular formula is C7H9N5O4. The number of nitrogens with zero attached hydrogens (tertiary/aromatic N) is 4. The Morgan fingerprint density at radius 2 is 1.81 bits per heavy atom. The third-order valence-electron chi connectivity index (χ3n) is 1.60. The Bertz CT molecular complexity index is 370. The number of aliphatic carboxylic acids is 2. The molecule has 1 rings (SSSR count). The van der Waals surface area contributed by atoms with Gasteiger partial charge in [0.1, 0.15) is 12.7 Å². The van der Waals surface area contributed by atoms with Crippen molar-refractivity contribution in [1.29, 1.82) is 0 Å². The molecule has 0 amide bonds. The fourth-order valence-corrected chi connectivity index (χ4v) is 0.874. The van der Waals surface area contributed by atoms with Gasteiger partial charge >= 0.3 is 11.9 Å². The monoisotopic (exact) mass is 227 g/mol. The SMILES string of the molecule is CN(NC(C(=O)O)C(=O)O)c1ncncn1. The minimum atomic E-state index is -1.76. The molecule has 9 heteroatoms. The van der Waals surface area contributed by atoms with Crippen LogP contribution < -0.4 is 10.4 Å². The van der Waals surface area contributed by atoms with Crippen molar-refractivity contribution in [3.63, 3.8) is 0 Å². The Hall–Kier alpha value is -2.29. The zero-order valence-electron chi connectivity index (χ0n) is 8.23. The predicted molar refractivity (Wildman–Crippen MR) is 50.4 cm³/mol. The van der Waals surface area contributed by atoms with Crippen molar-refractivity contribution < 1.29 is 19.8 Å². The van der Waals surface area contributed by atoms with Crippen molar-refractivity contribution in [3.05, 3.63) is 12.7 Å². The molecule has 86 valence electrons. The Kier molecular flexibility index (Phi) is 3.67. The molecule has 0 aliphatic carbocycles. The normalized spacial score (nSPS) is 10.1. The summed E-state index contributed by atoms with van der Waals surface area (Å²) in [5.41, 5.74) is 2.21. The maximum Gasteiger partial charge on any atom is 0.334 e. The van der Waals surface area contributed by atoms with E-state index < -0.39 is 18.0 Å². The quantitative estimate of drug-likeness (QED) is 0.400. The first-order valence-electron chi connectivity index (χ1n) is 4.10. The van der Waals surface area contributed by atoms with E-state index >= 15 is 0 Å². The van der Waals surface area contributed by atoms with E-state index in [1.165, 1.54) is 19.7 Å². The van der Waals surface area contributed by atoms with Crippen LogP contribution in [0, 0.1) is 0 Å². The van der Waals surface area contributed by atoms with E-state index in [1.54, 1.807) is 0 Å². The highest BCUT2D eigenvalue weighted by molar-refractivity contribution is 5.97. The minimum absolute atomic E-state index is 0.113. The van der Waals surface area contributed by atoms with Gasteiger partial charge in [-0.3, -0.25) is 5.01 Å². The van der Waals surface area contributed by atoms with E-state index in [1.807, 2.05) is 0 Å². The zero-order valence-corrected chi connectivity index (χ0v) is 8.23. The molecule has 0 bridgehead atoms. The molecule has 0 atom stereocenters. The van der Waals surface area contributed by atoms with Gasteiger partial charge in [-0.1, -0.05) is 0 Å². The van der Waals surface area contributed by atoms with Crippen LogP contribution in [0.4, 0.5) is 5.95 Å². The van der Waals surface area contributed by atoms with Gasteiger partial charge in [-0.05, 0) is 0 Å². The molecule has 1 aromatic heterocycles. The van der Waals surface area contributed by atoms with Crippen LogP contribution in [0.3, 0.4) is 0 Å². The summed E-state index contributed by atoms with van der Waals surface area (Å²) in [5.74, 6) is -2.90. The maximum absolute atomic E-state index is 10.6. The summed E-state index contributed by atoms with van der Waals surface area (Å²) in [6, 6.07) is -1.76. The van der Waals surface area contributed by atoms with Crippen LogP contribution >= 0.6 is 0 Å². The smallest absolute Gasteiger partial charge is 0.334 e. The van der Waals surface area contributed by atoms with Crippen molar-refractivity contribution in [2.75, 3.05) is 12.1 Å². The maximum atomic E-state index is 10.6. The first-order valence-corrected chi connectivity index (χ1v) is 4.10. The van der Waals surface area contributed by atoms with Gasteiger partial charge in [-0.2, -0.15) is 0 Å². The highest BCUT2D eigenvalue weighted by Gasteiger charge is 2.27. The van der Waals surface area contributed by atoms with Crippen LogP contribution in [-0.4, -0.2) is 50.2 Å². The number of hydrazine groups is 1. The second-order valence-corrected chi connectivity index (χ2v) is 2.74. The predicted octanol–water partition coefficient (Wildman–Crippen LogP) is -1.65. The molecule has 0 saturated carbocycles. The van der Waals surface area contributed by atoms with Gasteiger partial charge in [0.05, 0.1) is 0 Å². The van der Waals surface area contributed by atoms with Crippen molar-refractivity contribution in [1.82, 2.24) is 20.4 Å². The zero-order chi connectivity index (χ0) is 12.1. The minimum Gasteiger partial charge on any atom is -0.480 e. The highest BCUT2D eigenvalue weighted by atomic mass is 16.4. The summed E-state index contributed by atoms with van der Waals surface area (Å²) < 4.78 is 0. The molecule has 0 unspecified atom stereocenters. The van der Waals surface area contributed by atoms with Gasteiger partial charge in [0.15, 0.2) is 0 Å². The van der Waals surface area contributed by atoms with Crippen molar-refractivity contribution in [3.8, 4) is 0 Å². The van der Waals surface area contributed by atoms with Gasteiger partial charge in [-0.15, -0.1) is 0 Å². The van der Waals surface area contributed by atoms with Gasteiger partial charge in [0.2, 0.25) is 12.0 Å². The lowest BCUT2D eigenvalue weighted by Crippen LogP contribution is -2.51. The second-order valence-electron chi connectivity index (χ2n) is 2.74. The number of aromatic nitrogens is 3. The first kappa shape index (κ1) is 11.8. The van der Waals surface area contributed by atoms with Gasteiger partial charge < -0.3 is 10.2 Å². The van der Waals surface area contributed by atoms with Crippen molar-refractivity contribution >= 4 is 17.9 Å². The number of nitrogens with one attached hydrogen (secondary N) is 1. The molecule has 0 radical (unpaired) electrons. The molecule has 1 heterocycles. The highest BCUT2D eigenvalue weighted by Crippen LogP contribution is 1.98. The molecule has 16 heavy (non-hydrogen) atoms. The van der Waals surface area contributed by atoms with E-state index in [0.29, 0.717) is 0 Å². The summed E-state index contributed by atoms with van der Waals surface area (Å²) in [4.78, 5) is 32.1. The van der Waals surface area contributed by atoms with Crippen LogP contribution in [0.5, 0.6) is 0 Å². The van der Waals surface area contributed by atoms with Crippen LogP contribution in [0.25, 0.3) is 0 Å². The average molecular weight is 227 g/mol. The fourth-order valence-electron chi connectivity index (χ4n) is 0.874. The fraction of sp³-hybridized carbons (Fsp3) is 0.286. The Morgan fingerprint density at radius 3 is 2.25 bits per heavy atom. The number of anilines is 1. The number of rotatable bonds is 5. The van der Waals surface area contributed by atoms with Crippen LogP contribution in [-0.2, 0) is 9.59 Å². The summed E-state index contributed by atoms with van der Waals surface area (Å²) >= 11 is 0. The van der Waals surface area contributed by atoms with Gasteiger partial charge in [0.25, 0.3) is 0 Å². The van der Waals surface area contributed by atoms with E-state index in [-0.39, 0.29) is 5.95 Å². The molecule has 0 aliphatic rings. The molecular weight excluding hydrogens is 218 g/mol. The lowest BCUT2D eigenvalue weighted by molar-refractivity contribution is -0.151. The molecule has 0 saturated heterocycles. The van der Waals surface area contributed by atoms with E-state index in [2.05, 4.69) is 20.4 Å². The van der Waals surface area contributed by atoms with Crippen molar-refractivity contribution in [2.24, 2.45) is 0 Å². The van der Waals surface area contributed by atoms with Crippen LogP contribution in [0.15, 0.2) is 12.7 Å². The first-order chi connectivity index (χ1) is 7.52. The Labute approximate surface area is 89.7 Å². The third-order valence-corrected chi connectivity index (χ3v) is 1.60. The summed E-state index contributed by atoms with van der Waals surface area (Å²) in [6.07, 6.45) is 2.41. The number of hydrogen-bond donors (Lipinski definition) is 3. The van der Waals surface area contributed by atoms with Crippen molar-refractivity contribution in [2.45, 2.75) is 6.04 Å². The average Bonchev–Trinajstić information content (AvgIpc) is 2.25. The Balaban J connectivity index is 2.73. The second kappa shape index (κ2) is 4.98. The number of hydrogen-bond acceptors (Lipinski definition) is 7. The molecule has 1 aromatic rings. The molecule has 0 spiro atoms. The number of carboxylic acid groups (broad SMARTS) is 2. The van der Waals surface area contributed by atoms with Gasteiger partial charge in [0, 0.05) is 7.05 Å². The Morgan fingerprint density at radius 1 is 1.31 bits per heavy atom. The molecule has 0 aromatic carbocycles. The topological polar surface area (TPSA) is 129 Å². The lowest BCUT2D eigenvalue weighted by Gasteiger charge is -2.20. The molecule has 3 N–H and O–H groups in total. The van der Waals surface area contributed by atoms with Crippen LogP contribution in [0.1, 0.15) is 0 Å². The van der Waals surface area contributed by atoms with E-state index in [9.17, 15) is 9.59 Å². The summed E-state index contributed by atoms with van der Waals surface area (Å²) in [5, 5.41) is 18.3. The summed E-state index contributed by atoms with van der Waals surface area (Å²) in [7, 11) is 1.40. The van der Waals surface area contributed by atoms with E-state index in [4.69, 9.17) is 10.2 Å². The summed E-state index contributed by atoms with van der Waals surface area (Å²) in [6.45, 7) is 0. The van der Waals surface area contributed by atoms with E-state index in [0.717, 1.165) is 5.01 Å². The van der Waals surface area contributed by atoms with Crippen LogP contribution in [0.2, 0.25) is 0 Å². The largest absolute Gasteiger partial charge is 0.480 e. The number of carbonyl (C=O) groups is 2. The molecule has 9 nitrogen and oxygen atoms in total.